The lowest BCUT2D eigenvalue weighted by Crippen LogP contribution is -2.43. The fourth-order valence-corrected chi connectivity index (χ4v) is 2.26. The van der Waals surface area contributed by atoms with Gasteiger partial charge in [0.05, 0.1) is 4.47 Å². The number of halogens is 1. The maximum atomic E-state index is 11.5. The molecule has 0 amide bonds. The molecule has 100 valence electrons. The van der Waals surface area contributed by atoms with E-state index in [9.17, 15) is 13.2 Å². The lowest BCUT2D eigenvalue weighted by atomic mass is 10.0. The third-order valence-electron chi connectivity index (χ3n) is 2.77. The zero-order valence-electron chi connectivity index (χ0n) is 9.92. The largest absolute Gasteiger partial charge is 0.480 e. The van der Waals surface area contributed by atoms with E-state index in [1.54, 1.807) is 0 Å². The summed E-state index contributed by atoms with van der Waals surface area (Å²) >= 11 is 3.18. The average molecular weight is 337 g/mol. The number of carbonyl (C=O) groups is 1. The van der Waals surface area contributed by atoms with Crippen molar-refractivity contribution in [2.24, 2.45) is 0 Å². The summed E-state index contributed by atoms with van der Waals surface area (Å²) in [5, 5.41) is 9.06. The number of hydrogen-bond donors (Lipinski definition) is 1. The molecular weight excluding hydrogens is 324 g/mol. The molecule has 1 unspecified atom stereocenters. The van der Waals surface area contributed by atoms with E-state index in [2.05, 4.69) is 25.9 Å². The summed E-state index contributed by atoms with van der Waals surface area (Å²) in [6.45, 7) is 1.20. The Morgan fingerprint density at radius 3 is 2.33 bits per heavy atom. The summed E-state index contributed by atoms with van der Waals surface area (Å²) in [5.41, 5.74) is 0. The highest BCUT2D eigenvalue weighted by Crippen LogP contribution is 2.23. The number of hydrogen-bond acceptors (Lipinski definition) is 5. The molecule has 1 atom stereocenters. The van der Waals surface area contributed by atoms with E-state index in [1.165, 1.54) is 19.3 Å². The van der Waals surface area contributed by atoms with Crippen LogP contribution >= 0.6 is 15.9 Å². The molecule has 0 saturated heterocycles. The third-order valence-corrected chi connectivity index (χ3v) is 5.20. The van der Waals surface area contributed by atoms with Gasteiger partial charge in [0.15, 0.2) is 14.6 Å². The molecule has 1 heterocycles. The zero-order valence-corrected chi connectivity index (χ0v) is 12.3. The SMILES string of the molecule is CC(CCc1ncc(Br)cn1)(C(=O)O)S(C)(=O)=O. The summed E-state index contributed by atoms with van der Waals surface area (Å²) < 4.78 is 22.0. The molecule has 1 N–H and O–H groups in total. The number of sulfone groups is 1. The van der Waals surface area contributed by atoms with Crippen LogP contribution in [0.3, 0.4) is 0 Å². The van der Waals surface area contributed by atoms with E-state index < -0.39 is 20.6 Å². The highest BCUT2D eigenvalue weighted by Gasteiger charge is 2.43. The van der Waals surface area contributed by atoms with Gasteiger partial charge in [-0.15, -0.1) is 0 Å². The predicted molar refractivity (Wildman–Crippen MR) is 68.9 cm³/mol. The summed E-state index contributed by atoms with van der Waals surface area (Å²) in [7, 11) is -3.71. The molecule has 0 aliphatic rings. The minimum absolute atomic E-state index is 0.0667. The molecule has 1 aromatic rings. The average Bonchev–Trinajstić information content (AvgIpc) is 2.26. The first-order valence-corrected chi connectivity index (χ1v) is 7.74. The summed E-state index contributed by atoms with van der Waals surface area (Å²) in [5.74, 6) is -0.948. The predicted octanol–water partition coefficient (Wildman–Crippen LogP) is 1.06. The van der Waals surface area contributed by atoms with Crippen molar-refractivity contribution < 1.29 is 18.3 Å². The molecule has 0 aliphatic carbocycles. The van der Waals surface area contributed by atoms with Gasteiger partial charge in [0, 0.05) is 25.1 Å². The normalized spacial score (nSPS) is 15.1. The van der Waals surface area contributed by atoms with Crippen LogP contribution in [-0.2, 0) is 21.1 Å². The lowest BCUT2D eigenvalue weighted by Gasteiger charge is -2.22. The van der Waals surface area contributed by atoms with Gasteiger partial charge >= 0.3 is 5.97 Å². The van der Waals surface area contributed by atoms with E-state index >= 15 is 0 Å². The fourth-order valence-electron chi connectivity index (χ4n) is 1.27. The van der Waals surface area contributed by atoms with E-state index in [4.69, 9.17) is 5.11 Å². The fraction of sp³-hybridized carbons (Fsp3) is 0.500. The van der Waals surface area contributed by atoms with E-state index in [0.29, 0.717) is 10.3 Å². The molecule has 6 nitrogen and oxygen atoms in total. The van der Waals surface area contributed by atoms with Gasteiger partial charge in [-0.1, -0.05) is 0 Å². The molecule has 0 aliphatic heterocycles. The highest BCUT2D eigenvalue weighted by atomic mass is 79.9. The minimum Gasteiger partial charge on any atom is -0.480 e. The Bertz CT molecular complexity index is 544. The van der Waals surface area contributed by atoms with E-state index in [-0.39, 0.29) is 12.8 Å². The monoisotopic (exact) mass is 336 g/mol. The number of aliphatic carboxylic acids is 1. The van der Waals surface area contributed by atoms with Crippen LogP contribution in [0.1, 0.15) is 19.2 Å². The molecule has 0 bridgehead atoms. The Balaban J connectivity index is 2.88. The quantitative estimate of drug-likeness (QED) is 0.863. The number of aromatic nitrogens is 2. The topological polar surface area (TPSA) is 97.2 Å². The van der Waals surface area contributed by atoms with Gasteiger partial charge in [-0.3, -0.25) is 4.79 Å². The zero-order chi connectivity index (χ0) is 14.0. The van der Waals surface area contributed by atoms with Gasteiger partial charge in [-0.2, -0.15) is 0 Å². The summed E-state index contributed by atoms with van der Waals surface area (Å²) in [6, 6.07) is 0. The van der Waals surface area contributed by atoms with Gasteiger partial charge in [0.1, 0.15) is 5.82 Å². The highest BCUT2D eigenvalue weighted by molar-refractivity contribution is 9.10. The number of carboxylic acids is 1. The van der Waals surface area contributed by atoms with Crippen molar-refractivity contribution in [1.29, 1.82) is 0 Å². The maximum Gasteiger partial charge on any atom is 0.324 e. The van der Waals surface area contributed by atoms with Gasteiger partial charge in [-0.05, 0) is 29.3 Å². The second kappa shape index (κ2) is 5.31. The molecule has 0 saturated carbocycles. The van der Waals surface area contributed by atoms with Crippen molar-refractivity contribution in [3.63, 3.8) is 0 Å². The number of rotatable bonds is 5. The van der Waals surface area contributed by atoms with Crippen molar-refractivity contribution in [3.8, 4) is 0 Å². The van der Waals surface area contributed by atoms with Crippen molar-refractivity contribution >= 4 is 31.7 Å². The molecule has 1 aromatic heterocycles. The Kier molecular flexibility index (Phi) is 4.44. The standard InChI is InChI=1S/C10H13BrN2O4S/c1-10(9(14)15,18(2,16)17)4-3-8-12-5-7(11)6-13-8/h5-6H,3-4H2,1-2H3,(H,14,15). The number of aryl methyl sites for hydroxylation is 1. The summed E-state index contributed by atoms with van der Waals surface area (Å²) in [4.78, 5) is 19.1. The van der Waals surface area contributed by atoms with Crippen LogP contribution in [0.15, 0.2) is 16.9 Å². The van der Waals surface area contributed by atoms with Gasteiger partial charge < -0.3 is 5.11 Å². The van der Waals surface area contributed by atoms with Gasteiger partial charge in [-0.25, -0.2) is 18.4 Å². The van der Waals surface area contributed by atoms with Crippen LogP contribution in [0.25, 0.3) is 0 Å². The minimum atomic E-state index is -3.71. The molecule has 0 fully saturated rings. The maximum absolute atomic E-state index is 11.5. The van der Waals surface area contributed by atoms with Crippen LogP contribution in [0.2, 0.25) is 0 Å². The van der Waals surface area contributed by atoms with Crippen LogP contribution in [0.5, 0.6) is 0 Å². The first-order chi connectivity index (χ1) is 8.17. The van der Waals surface area contributed by atoms with Crippen molar-refractivity contribution in [2.45, 2.75) is 24.5 Å². The summed E-state index contributed by atoms with van der Waals surface area (Å²) in [6.07, 6.45) is 4.09. The first kappa shape index (κ1) is 15.0. The Labute approximate surface area is 114 Å². The third kappa shape index (κ3) is 3.26. The Morgan fingerprint density at radius 2 is 1.94 bits per heavy atom. The van der Waals surface area contributed by atoms with Crippen LogP contribution in [0, 0.1) is 0 Å². The lowest BCUT2D eigenvalue weighted by molar-refractivity contribution is -0.139. The number of nitrogens with zero attached hydrogens (tertiary/aromatic N) is 2. The molecule has 8 heteroatoms. The van der Waals surface area contributed by atoms with Crippen molar-refractivity contribution in [3.05, 3.63) is 22.7 Å². The molecule has 0 spiro atoms. The van der Waals surface area contributed by atoms with Crippen LogP contribution < -0.4 is 0 Å². The molecular formula is C10H13BrN2O4S. The molecule has 0 radical (unpaired) electrons. The van der Waals surface area contributed by atoms with E-state index in [1.807, 2.05) is 0 Å². The molecule has 0 aromatic carbocycles. The van der Waals surface area contributed by atoms with Crippen molar-refractivity contribution in [2.75, 3.05) is 6.26 Å². The van der Waals surface area contributed by atoms with Gasteiger partial charge in [0.2, 0.25) is 0 Å². The second-order valence-electron chi connectivity index (χ2n) is 4.13. The van der Waals surface area contributed by atoms with Crippen LogP contribution in [-0.4, -0.2) is 40.5 Å². The first-order valence-electron chi connectivity index (χ1n) is 5.06. The van der Waals surface area contributed by atoms with Gasteiger partial charge in [0.25, 0.3) is 0 Å². The van der Waals surface area contributed by atoms with Crippen LogP contribution in [0.4, 0.5) is 0 Å². The number of carboxylic acid groups (broad SMARTS) is 1. The molecule has 18 heavy (non-hydrogen) atoms. The second-order valence-corrected chi connectivity index (χ2v) is 7.49. The smallest absolute Gasteiger partial charge is 0.324 e. The van der Waals surface area contributed by atoms with E-state index in [0.717, 1.165) is 6.26 Å². The van der Waals surface area contributed by atoms with Crippen molar-refractivity contribution in [1.82, 2.24) is 9.97 Å². The Morgan fingerprint density at radius 1 is 1.44 bits per heavy atom. The molecule has 1 rings (SSSR count). The Hall–Kier alpha value is -1.02.